The van der Waals surface area contributed by atoms with Gasteiger partial charge in [0.25, 0.3) is 0 Å². The lowest BCUT2D eigenvalue weighted by molar-refractivity contribution is 0.0697. The maximum Gasteiger partial charge on any atom is 0.335 e. The molecule has 84 valence electrons. The predicted molar refractivity (Wildman–Crippen MR) is 59.5 cm³/mol. The van der Waals surface area contributed by atoms with Gasteiger partial charge < -0.3 is 10.8 Å². The number of hydrogen-bond acceptors (Lipinski definition) is 3. The fourth-order valence-electron chi connectivity index (χ4n) is 1.81. The third kappa shape index (κ3) is 1.19. The number of carbonyl (C=O) groups is 1. The molecule has 16 heavy (non-hydrogen) atoms. The van der Waals surface area contributed by atoms with Gasteiger partial charge in [-0.05, 0) is 12.1 Å². The van der Waals surface area contributed by atoms with Crippen LogP contribution in [0.3, 0.4) is 0 Å². The summed E-state index contributed by atoms with van der Waals surface area (Å²) in [6.07, 6.45) is 0. The Morgan fingerprint density at radius 2 is 1.94 bits per heavy atom. The summed E-state index contributed by atoms with van der Waals surface area (Å²) < 4.78 is 2.77. The van der Waals surface area contributed by atoms with Crippen molar-refractivity contribution in [2.75, 3.05) is 5.73 Å². The Morgan fingerprint density at radius 1 is 1.31 bits per heavy atom. The monoisotopic (exact) mass is 221 g/mol. The standard InChI is InChI=1S/C10H11N3O3/c1-12-7-4-5(9(14)15)3-6(11)8(7)13(2)10(12)16/h3-4H,11H2,1-2H3,(H,14,15). The van der Waals surface area contributed by atoms with Gasteiger partial charge in [-0.3, -0.25) is 9.13 Å². The summed E-state index contributed by atoms with van der Waals surface area (Å²) in [6.45, 7) is 0. The Balaban J connectivity index is 2.99. The Bertz CT molecular complexity index is 651. The minimum atomic E-state index is -1.06. The average Bonchev–Trinajstić information content (AvgIpc) is 2.44. The van der Waals surface area contributed by atoms with Crippen molar-refractivity contribution >= 4 is 22.7 Å². The van der Waals surface area contributed by atoms with Crippen molar-refractivity contribution in [2.45, 2.75) is 0 Å². The molecule has 0 aliphatic heterocycles. The predicted octanol–water partition coefficient (Wildman–Crippen LogP) is 0.157. The minimum Gasteiger partial charge on any atom is -0.478 e. The molecule has 0 fully saturated rings. The number of aryl methyl sites for hydroxylation is 2. The Kier molecular flexibility index (Phi) is 2.01. The molecule has 0 unspecified atom stereocenters. The SMILES string of the molecule is Cn1c(=O)n(C)c2c(N)cc(C(=O)O)cc21. The molecule has 1 heterocycles. The van der Waals surface area contributed by atoms with Crippen molar-refractivity contribution in [3.63, 3.8) is 0 Å². The van der Waals surface area contributed by atoms with E-state index in [1.165, 1.54) is 21.3 Å². The molecule has 0 aliphatic carbocycles. The van der Waals surface area contributed by atoms with E-state index in [-0.39, 0.29) is 16.9 Å². The number of fused-ring (bicyclic) bond motifs is 1. The number of aromatic nitrogens is 2. The number of aromatic carboxylic acids is 1. The second kappa shape index (κ2) is 3.13. The van der Waals surface area contributed by atoms with Crippen LogP contribution in [0, 0.1) is 0 Å². The molecule has 0 aliphatic rings. The van der Waals surface area contributed by atoms with Gasteiger partial charge in [0.1, 0.15) is 0 Å². The molecule has 2 rings (SSSR count). The lowest BCUT2D eigenvalue weighted by Gasteiger charge is -2.02. The number of anilines is 1. The third-order valence-corrected chi connectivity index (χ3v) is 2.64. The Labute approximate surface area is 90.5 Å². The summed E-state index contributed by atoms with van der Waals surface area (Å²) in [6, 6.07) is 2.79. The fourth-order valence-corrected chi connectivity index (χ4v) is 1.81. The van der Waals surface area contributed by atoms with Gasteiger partial charge in [-0.2, -0.15) is 0 Å². The number of rotatable bonds is 1. The lowest BCUT2D eigenvalue weighted by atomic mass is 10.1. The van der Waals surface area contributed by atoms with E-state index in [4.69, 9.17) is 10.8 Å². The zero-order valence-corrected chi connectivity index (χ0v) is 8.89. The summed E-state index contributed by atoms with van der Waals surface area (Å²) in [4.78, 5) is 22.5. The summed E-state index contributed by atoms with van der Waals surface area (Å²) >= 11 is 0. The van der Waals surface area contributed by atoms with Gasteiger partial charge in [-0.1, -0.05) is 0 Å². The van der Waals surface area contributed by atoms with E-state index < -0.39 is 5.97 Å². The zero-order valence-electron chi connectivity index (χ0n) is 8.89. The fraction of sp³-hybridized carbons (Fsp3) is 0.200. The highest BCUT2D eigenvalue weighted by Crippen LogP contribution is 2.21. The average molecular weight is 221 g/mol. The maximum atomic E-state index is 11.6. The first-order chi connectivity index (χ1) is 7.43. The van der Waals surface area contributed by atoms with Crippen LogP contribution in [0.4, 0.5) is 5.69 Å². The summed E-state index contributed by atoms with van der Waals surface area (Å²) in [7, 11) is 3.18. The van der Waals surface area contributed by atoms with Crippen LogP contribution < -0.4 is 11.4 Å². The highest BCUT2D eigenvalue weighted by atomic mass is 16.4. The highest BCUT2D eigenvalue weighted by Gasteiger charge is 2.14. The van der Waals surface area contributed by atoms with E-state index in [0.29, 0.717) is 11.0 Å². The van der Waals surface area contributed by atoms with Crippen LogP contribution in [0.15, 0.2) is 16.9 Å². The van der Waals surface area contributed by atoms with Crippen LogP contribution in [-0.2, 0) is 14.1 Å². The molecule has 6 heteroatoms. The molecule has 0 atom stereocenters. The topological polar surface area (TPSA) is 90.3 Å². The smallest absolute Gasteiger partial charge is 0.335 e. The minimum absolute atomic E-state index is 0.0752. The second-order valence-corrected chi connectivity index (χ2v) is 3.64. The molecule has 2 aromatic rings. The van der Waals surface area contributed by atoms with Crippen molar-refractivity contribution in [1.29, 1.82) is 0 Å². The van der Waals surface area contributed by atoms with Crippen molar-refractivity contribution in [3.8, 4) is 0 Å². The van der Waals surface area contributed by atoms with E-state index in [2.05, 4.69) is 0 Å². The first-order valence-electron chi connectivity index (χ1n) is 4.61. The first kappa shape index (κ1) is 10.3. The number of imidazole rings is 1. The van der Waals surface area contributed by atoms with Gasteiger partial charge in [0.05, 0.1) is 22.3 Å². The van der Waals surface area contributed by atoms with E-state index in [1.807, 2.05) is 0 Å². The van der Waals surface area contributed by atoms with Crippen LogP contribution >= 0.6 is 0 Å². The van der Waals surface area contributed by atoms with Gasteiger partial charge in [0.15, 0.2) is 0 Å². The van der Waals surface area contributed by atoms with E-state index in [9.17, 15) is 9.59 Å². The summed E-state index contributed by atoms with van der Waals surface area (Å²) in [5.74, 6) is -1.06. The van der Waals surface area contributed by atoms with E-state index in [0.717, 1.165) is 0 Å². The number of benzene rings is 1. The number of hydrogen-bond donors (Lipinski definition) is 2. The summed E-state index contributed by atoms with van der Waals surface area (Å²) in [5.41, 5.74) is 6.94. The number of nitrogen functional groups attached to an aromatic ring is 1. The second-order valence-electron chi connectivity index (χ2n) is 3.64. The molecule has 1 aromatic heterocycles. The number of carboxylic acids is 1. The number of nitrogens with zero attached hydrogens (tertiary/aromatic N) is 2. The maximum absolute atomic E-state index is 11.6. The first-order valence-corrected chi connectivity index (χ1v) is 4.61. The largest absolute Gasteiger partial charge is 0.478 e. The normalized spacial score (nSPS) is 10.9. The van der Waals surface area contributed by atoms with E-state index >= 15 is 0 Å². The quantitative estimate of drug-likeness (QED) is 0.671. The Hall–Kier alpha value is -2.24. The van der Waals surface area contributed by atoms with Crippen LogP contribution in [0.2, 0.25) is 0 Å². The van der Waals surface area contributed by atoms with Gasteiger partial charge in [0, 0.05) is 14.1 Å². The molecule has 0 saturated carbocycles. The van der Waals surface area contributed by atoms with Gasteiger partial charge in [0.2, 0.25) is 0 Å². The molecule has 3 N–H and O–H groups in total. The van der Waals surface area contributed by atoms with Crippen LogP contribution in [-0.4, -0.2) is 20.2 Å². The zero-order chi connectivity index (χ0) is 12.0. The lowest BCUT2D eigenvalue weighted by Crippen LogP contribution is -2.19. The molecule has 0 amide bonds. The molecular formula is C10H11N3O3. The van der Waals surface area contributed by atoms with Crippen molar-refractivity contribution in [2.24, 2.45) is 14.1 Å². The third-order valence-electron chi connectivity index (χ3n) is 2.64. The molecule has 6 nitrogen and oxygen atoms in total. The Morgan fingerprint density at radius 3 is 2.50 bits per heavy atom. The highest BCUT2D eigenvalue weighted by molar-refractivity contribution is 5.97. The van der Waals surface area contributed by atoms with Crippen molar-refractivity contribution < 1.29 is 9.90 Å². The number of nitrogens with two attached hydrogens (primary N) is 1. The van der Waals surface area contributed by atoms with Gasteiger partial charge in [-0.15, -0.1) is 0 Å². The molecule has 0 radical (unpaired) electrons. The van der Waals surface area contributed by atoms with Gasteiger partial charge in [-0.25, -0.2) is 9.59 Å². The van der Waals surface area contributed by atoms with Gasteiger partial charge >= 0.3 is 11.7 Å². The number of carboxylic acid groups (broad SMARTS) is 1. The molecule has 1 aromatic carbocycles. The molecular weight excluding hydrogens is 210 g/mol. The summed E-state index contributed by atoms with van der Waals surface area (Å²) in [5, 5.41) is 8.89. The molecule has 0 spiro atoms. The van der Waals surface area contributed by atoms with Crippen molar-refractivity contribution in [3.05, 3.63) is 28.2 Å². The van der Waals surface area contributed by atoms with Crippen LogP contribution in [0.1, 0.15) is 10.4 Å². The van der Waals surface area contributed by atoms with Crippen LogP contribution in [0.5, 0.6) is 0 Å². The molecule has 0 saturated heterocycles. The molecule has 0 bridgehead atoms. The van der Waals surface area contributed by atoms with E-state index in [1.54, 1.807) is 14.1 Å². The van der Waals surface area contributed by atoms with Crippen molar-refractivity contribution in [1.82, 2.24) is 9.13 Å². The van der Waals surface area contributed by atoms with Crippen LogP contribution in [0.25, 0.3) is 11.0 Å².